The molecule has 0 saturated heterocycles. The maximum Gasteiger partial charge on any atom is 0.172 e. The van der Waals surface area contributed by atoms with Crippen LogP contribution in [0.2, 0.25) is 10.0 Å². The highest BCUT2D eigenvalue weighted by Crippen LogP contribution is 2.25. The number of anilines is 1. The van der Waals surface area contributed by atoms with Gasteiger partial charge >= 0.3 is 0 Å². The Labute approximate surface area is 103 Å². The summed E-state index contributed by atoms with van der Waals surface area (Å²) >= 11 is 12.1. The van der Waals surface area contributed by atoms with Crippen LogP contribution in [0, 0.1) is 13.8 Å². The molecule has 0 bridgehead atoms. The van der Waals surface area contributed by atoms with E-state index in [4.69, 9.17) is 28.9 Å². The van der Waals surface area contributed by atoms with Gasteiger partial charge in [-0.05, 0) is 19.9 Å². The Morgan fingerprint density at radius 3 is 2.50 bits per heavy atom. The first-order valence-electron chi connectivity index (χ1n) is 4.64. The van der Waals surface area contributed by atoms with Gasteiger partial charge in [0.1, 0.15) is 0 Å². The molecular formula is C10H10Cl2N4. The van der Waals surface area contributed by atoms with Gasteiger partial charge in [0.05, 0.1) is 33.3 Å². The second-order valence-corrected chi connectivity index (χ2v) is 4.26. The fraction of sp³-hybridized carbons (Fsp3) is 0.200. The largest absolute Gasteiger partial charge is 0.397 e. The summed E-state index contributed by atoms with van der Waals surface area (Å²) in [5.41, 5.74) is 7.64. The van der Waals surface area contributed by atoms with Crippen molar-refractivity contribution in [3.05, 3.63) is 33.7 Å². The van der Waals surface area contributed by atoms with Crippen molar-refractivity contribution in [3.63, 3.8) is 0 Å². The zero-order chi connectivity index (χ0) is 11.9. The highest BCUT2D eigenvalue weighted by atomic mass is 35.5. The zero-order valence-electron chi connectivity index (χ0n) is 8.83. The Morgan fingerprint density at radius 2 is 2.00 bits per heavy atom. The van der Waals surface area contributed by atoms with Crippen molar-refractivity contribution in [3.8, 4) is 5.82 Å². The number of nitrogen functional groups attached to an aromatic ring is 1. The fourth-order valence-electron chi connectivity index (χ4n) is 1.43. The number of halogens is 2. The number of rotatable bonds is 1. The van der Waals surface area contributed by atoms with Crippen molar-refractivity contribution >= 4 is 28.9 Å². The molecule has 0 aromatic carbocycles. The van der Waals surface area contributed by atoms with E-state index in [9.17, 15) is 0 Å². The Morgan fingerprint density at radius 1 is 1.31 bits per heavy atom. The zero-order valence-corrected chi connectivity index (χ0v) is 10.3. The SMILES string of the molecule is Cc1nn(-c2ncc(N)cc2Cl)c(C)c1Cl. The smallest absolute Gasteiger partial charge is 0.172 e. The Hall–Kier alpha value is -1.26. The van der Waals surface area contributed by atoms with Crippen molar-refractivity contribution in [2.45, 2.75) is 13.8 Å². The summed E-state index contributed by atoms with van der Waals surface area (Å²) in [5.74, 6) is 0.531. The molecule has 0 aliphatic carbocycles. The van der Waals surface area contributed by atoms with Crippen molar-refractivity contribution in [1.82, 2.24) is 14.8 Å². The predicted octanol–water partition coefficient (Wildman–Crippen LogP) is 2.77. The number of hydrogen-bond donors (Lipinski definition) is 1. The molecule has 0 radical (unpaired) electrons. The van der Waals surface area contributed by atoms with Crippen LogP contribution in [0.25, 0.3) is 5.82 Å². The second kappa shape index (κ2) is 3.96. The van der Waals surface area contributed by atoms with Gasteiger partial charge in [0, 0.05) is 0 Å². The van der Waals surface area contributed by atoms with Gasteiger partial charge in [-0.15, -0.1) is 0 Å². The maximum absolute atomic E-state index is 6.05. The first kappa shape index (κ1) is 11.2. The van der Waals surface area contributed by atoms with E-state index in [0.29, 0.717) is 21.6 Å². The summed E-state index contributed by atoms with van der Waals surface area (Å²) in [5, 5.41) is 5.33. The highest BCUT2D eigenvalue weighted by Gasteiger charge is 2.14. The standard InChI is InChI=1S/C10H10Cl2N4/c1-5-9(12)6(2)16(15-5)10-8(11)3-7(13)4-14-10/h3-4H,13H2,1-2H3. The molecule has 0 spiro atoms. The van der Waals surface area contributed by atoms with Gasteiger partial charge in [-0.25, -0.2) is 9.67 Å². The minimum atomic E-state index is 0.447. The molecule has 4 nitrogen and oxygen atoms in total. The van der Waals surface area contributed by atoms with Gasteiger partial charge in [-0.2, -0.15) is 5.10 Å². The lowest BCUT2D eigenvalue weighted by Crippen LogP contribution is -2.03. The van der Waals surface area contributed by atoms with Crippen LogP contribution in [0.4, 0.5) is 5.69 Å². The summed E-state index contributed by atoms with van der Waals surface area (Å²) < 4.78 is 1.61. The van der Waals surface area contributed by atoms with Crippen LogP contribution in [0.3, 0.4) is 0 Å². The van der Waals surface area contributed by atoms with Gasteiger partial charge < -0.3 is 5.73 Å². The van der Waals surface area contributed by atoms with E-state index < -0.39 is 0 Å². The molecule has 0 atom stereocenters. The van der Waals surface area contributed by atoms with Gasteiger partial charge in [-0.1, -0.05) is 23.2 Å². The third kappa shape index (κ3) is 1.74. The molecule has 2 aromatic heterocycles. The van der Waals surface area contributed by atoms with Crippen molar-refractivity contribution in [1.29, 1.82) is 0 Å². The van der Waals surface area contributed by atoms with Gasteiger partial charge in [0.2, 0.25) is 0 Å². The molecule has 2 aromatic rings. The molecule has 0 saturated carbocycles. The first-order chi connectivity index (χ1) is 7.50. The molecule has 2 rings (SSSR count). The Kier molecular flexibility index (Phi) is 2.78. The third-order valence-electron chi connectivity index (χ3n) is 2.25. The quantitative estimate of drug-likeness (QED) is 0.854. The minimum Gasteiger partial charge on any atom is -0.397 e. The van der Waals surface area contributed by atoms with Crippen LogP contribution < -0.4 is 5.73 Å². The fourth-order valence-corrected chi connectivity index (χ4v) is 1.80. The number of nitrogens with zero attached hydrogens (tertiary/aromatic N) is 3. The average Bonchev–Trinajstić information content (AvgIpc) is 2.46. The monoisotopic (exact) mass is 256 g/mol. The molecule has 2 heterocycles. The van der Waals surface area contributed by atoms with E-state index in [0.717, 1.165) is 11.4 Å². The molecule has 0 aliphatic heterocycles. The van der Waals surface area contributed by atoms with Crippen LogP contribution in [-0.4, -0.2) is 14.8 Å². The number of aromatic nitrogens is 3. The van der Waals surface area contributed by atoms with Crippen molar-refractivity contribution in [2.75, 3.05) is 5.73 Å². The maximum atomic E-state index is 6.05. The summed E-state index contributed by atoms with van der Waals surface area (Å²) in [6.45, 7) is 3.69. The number of hydrogen-bond acceptors (Lipinski definition) is 3. The van der Waals surface area contributed by atoms with Gasteiger partial charge in [-0.3, -0.25) is 0 Å². The van der Waals surface area contributed by atoms with Crippen molar-refractivity contribution in [2.24, 2.45) is 0 Å². The third-order valence-corrected chi connectivity index (χ3v) is 3.07. The van der Waals surface area contributed by atoms with Crippen molar-refractivity contribution < 1.29 is 0 Å². The summed E-state index contributed by atoms with van der Waals surface area (Å²) in [6, 6.07) is 1.63. The van der Waals surface area contributed by atoms with E-state index >= 15 is 0 Å². The summed E-state index contributed by atoms with van der Waals surface area (Å²) in [4.78, 5) is 4.15. The predicted molar refractivity (Wildman–Crippen MR) is 65.3 cm³/mol. The topological polar surface area (TPSA) is 56.7 Å². The van der Waals surface area contributed by atoms with Gasteiger partial charge in [0.25, 0.3) is 0 Å². The molecule has 0 aliphatic rings. The van der Waals surface area contributed by atoms with Crippen LogP contribution in [0.1, 0.15) is 11.4 Å². The lowest BCUT2D eigenvalue weighted by Gasteiger charge is -2.05. The lowest BCUT2D eigenvalue weighted by molar-refractivity contribution is 0.807. The number of nitrogens with two attached hydrogens (primary N) is 1. The van der Waals surface area contributed by atoms with Crippen LogP contribution in [0.15, 0.2) is 12.3 Å². The summed E-state index contributed by atoms with van der Waals surface area (Å²) in [6.07, 6.45) is 1.53. The molecule has 16 heavy (non-hydrogen) atoms. The molecule has 0 amide bonds. The van der Waals surface area contributed by atoms with Crippen LogP contribution in [-0.2, 0) is 0 Å². The molecule has 2 N–H and O–H groups in total. The number of pyridine rings is 1. The average molecular weight is 257 g/mol. The van der Waals surface area contributed by atoms with Crippen LogP contribution >= 0.6 is 23.2 Å². The van der Waals surface area contributed by atoms with E-state index in [2.05, 4.69) is 10.1 Å². The van der Waals surface area contributed by atoms with E-state index in [-0.39, 0.29) is 0 Å². The molecular weight excluding hydrogens is 247 g/mol. The van der Waals surface area contributed by atoms with Gasteiger partial charge in [0.15, 0.2) is 5.82 Å². The summed E-state index contributed by atoms with van der Waals surface area (Å²) in [7, 11) is 0. The van der Waals surface area contributed by atoms with Crippen LogP contribution in [0.5, 0.6) is 0 Å². The van der Waals surface area contributed by atoms with E-state index in [1.54, 1.807) is 10.7 Å². The van der Waals surface area contributed by atoms with E-state index in [1.165, 1.54) is 6.20 Å². The molecule has 0 unspecified atom stereocenters. The molecule has 6 heteroatoms. The first-order valence-corrected chi connectivity index (χ1v) is 5.39. The Bertz CT molecular complexity index is 548. The highest BCUT2D eigenvalue weighted by molar-refractivity contribution is 6.33. The molecule has 84 valence electrons. The molecule has 0 fully saturated rings. The number of aryl methyl sites for hydroxylation is 1. The normalized spacial score (nSPS) is 10.8. The minimum absolute atomic E-state index is 0.447. The van der Waals surface area contributed by atoms with E-state index in [1.807, 2.05) is 13.8 Å². The second-order valence-electron chi connectivity index (χ2n) is 3.47. The lowest BCUT2D eigenvalue weighted by atomic mass is 10.4. The Balaban J connectivity index is 2.63.